The van der Waals surface area contributed by atoms with E-state index < -0.39 is 12.2 Å². The van der Waals surface area contributed by atoms with Gasteiger partial charge in [-0.15, -0.1) is 0 Å². The summed E-state index contributed by atoms with van der Waals surface area (Å²) in [7, 11) is 0. The zero-order chi connectivity index (χ0) is 10.8. The lowest BCUT2D eigenvalue weighted by Crippen LogP contribution is -2.33. The number of aromatic nitrogens is 2. The fraction of sp³-hybridized carbons (Fsp3) is 0.429. The fourth-order valence-corrected chi connectivity index (χ4v) is 0.863. The largest absolute Gasteiger partial charge is 0.408 e. The molecule has 0 aromatic carbocycles. The first-order valence-corrected chi connectivity index (χ1v) is 4.08. The van der Waals surface area contributed by atoms with Crippen LogP contribution < -0.4 is 5.32 Å². The van der Waals surface area contributed by atoms with Gasteiger partial charge in [0, 0.05) is 6.07 Å². The molecular weight excluding hydrogens is 219 g/mol. The zero-order valence-corrected chi connectivity index (χ0v) is 7.89. The standard InChI is InChI=1S/C7H7ClF3N3/c1-4(7(9,10)11)14-6-2-5(8)12-3-13-6/h2-4H,1H3,(H,12,13,14). The molecule has 1 atom stereocenters. The molecule has 0 spiro atoms. The van der Waals surface area contributed by atoms with Crippen molar-refractivity contribution in [2.24, 2.45) is 0 Å². The van der Waals surface area contributed by atoms with E-state index in [9.17, 15) is 13.2 Å². The van der Waals surface area contributed by atoms with Crippen molar-refractivity contribution < 1.29 is 13.2 Å². The van der Waals surface area contributed by atoms with Crippen LogP contribution in [0.25, 0.3) is 0 Å². The van der Waals surface area contributed by atoms with Gasteiger partial charge < -0.3 is 5.32 Å². The Balaban J connectivity index is 2.70. The van der Waals surface area contributed by atoms with Crippen molar-refractivity contribution in [3.8, 4) is 0 Å². The highest BCUT2D eigenvalue weighted by atomic mass is 35.5. The molecule has 0 radical (unpaired) electrons. The predicted molar refractivity (Wildman–Crippen MR) is 46.2 cm³/mol. The van der Waals surface area contributed by atoms with Crippen LogP contribution in [-0.4, -0.2) is 22.2 Å². The molecule has 0 aliphatic carbocycles. The topological polar surface area (TPSA) is 37.8 Å². The van der Waals surface area contributed by atoms with Crippen molar-refractivity contribution in [2.45, 2.75) is 19.1 Å². The van der Waals surface area contributed by atoms with E-state index in [-0.39, 0.29) is 11.0 Å². The Morgan fingerprint density at radius 3 is 2.57 bits per heavy atom. The van der Waals surface area contributed by atoms with Gasteiger partial charge in [-0.25, -0.2) is 9.97 Å². The average Bonchev–Trinajstić information content (AvgIpc) is 2.02. The van der Waals surface area contributed by atoms with E-state index >= 15 is 0 Å². The summed E-state index contributed by atoms with van der Waals surface area (Å²) < 4.78 is 36.3. The van der Waals surface area contributed by atoms with Gasteiger partial charge in [0.25, 0.3) is 0 Å². The van der Waals surface area contributed by atoms with Gasteiger partial charge in [-0.05, 0) is 6.92 Å². The van der Waals surface area contributed by atoms with Crippen molar-refractivity contribution in [1.82, 2.24) is 9.97 Å². The number of hydrogen-bond acceptors (Lipinski definition) is 3. The lowest BCUT2D eigenvalue weighted by atomic mass is 10.3. The fourth-order valence-electron chi connectivity index (χ4n) is 0.716. The van der Waals surface area contributed by atoms with Gasteiger partial charge >= 0.3 is 6.18 Å². The molecular formula is C7H7ClF3N3. The van der Waals surface area contributed by atoms with Gasteiger partial charge in [0.15, 0.2) is 0 Å². The smallest absolute Gasteiger partial charge is 0.359 e. The number of anilines is 1. The highest BCUT2D eigenvalue weighted by molar-refractivity contribution is 6.29. The molecule has 1 rings (SSSR count). The third-order valence-corrected chi connectivity index (χ3v) is 1.70. The van der Waals surface area contributed by atoms with E-state index in [4.69, 9.17) is 11.6 Å². The molecule has 1 N–H and O–H groups in total. The molecule has 0 saturated carbocycles. The minimum Gasteiger partial charge on any atom is -0.359 e. The normalized spacial score (nSPS) is 13.8. The molecule has 0 aliphatic heterocycles. The predicted octanol–water partition coefficient (Wildman–Crippen LogP) is 2.49. The van der Waals surface area contributed by atoms with Crippen LogP contribution in [0.4, 0.5) is 19.0 Å². The first-order chi connectivity index (χ1) is 6.39. The van der Waals surface area contributed by atoms with Crippen LogP contribution in [0.2, 0.25) is 5.15 Å². The van der Waals surface area contributed by atoms with Crippen LogP contribution in [0, 0.1) is 0 Å². The summed E-state index contributed by atoms with van der Waals surface area (Å²) in [5.74, 6) is 0.0508. The van der Waals surface area contributed by atoms with Crippen molar-refractivity contribution in [1.29, 1.82) is 0 Å². The third kappa shape index (κ3) is 3.02. The van der Waals surface area contributed by atoms with Gasteiger partial charge in [-0.3, -0.25) is 0 Å². The van der Waals surface area contributed by atoms with E-state index in [2.05, 4.69) is 15.3 Å². The summed E-state index contributed by atoms with van der Waals surface area (Å²) in [4.78, 5) is 7.13. The second-order valence-corrected chi connectivity index (χ2v) is 3.02. The zero-order valence-electron chi connectivity index (χ0n) is 7.14. The number of alkyl halides is 3. The van der Waals surface area contributed by atoms with E-state index in [1.807, 2.05) is 0 Å². The van der Waals surface area contributed by atoms with Crippen LogP contribution in [0.5, 0.6) is 0 Å². The molecule has 7 heteroatoms. The summed E-state index contributed by atoms with van der Waals surface area (Å²) >= 11 is 5.47. The van der Waals surface area contributed by atoms with Crippen LogP contribution in [0.1, 0.15) is 6.92 Å². The maximum Gasteiger partial charge on any atom is 0.408 e. The van der Waals surface area contributed by atoms with Crippen molar-refractivity contribution >= 4 is 17.4 Å². The number of nitrogens with one attached hydrogen (secondary N) is 1. The van der Waals surface area contributed by atoms with Crippen molar-refractivity contribution in [3.63, 3.8) is 0 Å². The van der Waals surface area contributed by atoms with Crippen LogP contribution >= 0.6 is 11.6 Å². The second-order valence-electron chi connectivity index (χ2n) is 2.63. The van der Waals surface area contributed by atoms with Crippen LogP contribution in [-0.2, 0) is 0 Å². The highest BCUT2D eigenvalue weighted by Crippen LogP contribution is 2.22. The lowest BCUT2D eigenvalue weighted by molar-refractivity contribution is -0.138. The summed E-state index contributed by atoms with van der Waals surface area (Å²) in [6.07, 6.45) is -3.22. The molecule has 1 aromatic heterocycles. The summed E-state index contributed by atoms with van der Waals surface area (Å²) in [6, 6.07) is -0.447. The number of hydrogen-bond donors (Lipinski definition) is 1. The van der Waals surface area contributed by atoms with Gasteiger partial charge in [-0.2, -0.15) is 13.2 Å². The van der Waals surface area contributed by atoms with E-state index in [1.165, 1.54) is 6.07 Å². The lowest BCUT2D eigenvalue weighted by Gasteiger charge is -2.17. The highest BCUT2D eigenvalue weighted by Gasteiger charge is 2.36. The van der Waals surface area contributed by atoms with E-state index in [0.717, 1.165) is 13.3 Å². The van der Waals surface area contributed by atoms with Crippen molar-refractivity contribution in [3.05, 3.63) is 17.5 Å². The quantitative estimate of drug-likeness (QED) is 0.786. The molecule has 0 fully saturated rings. The van der Waals surface area contributed by atoms with Gasteiger partial charge in [-0.1, -0.05) is 11.6 Å². The molecule has 0 saturated heterocycles. The minimum absolute atomic E-state index is 0.0508. The summed E-state index contributed by atoms with van der Waals surface area (Å²) in [5.41, 5.74) is 0. The van der Waals surface area contributed by atoms with E-state index in [0.29, 0.717) is 0 Å². The van der Waals surface area contributed by atoms with Crippen molar-refractivity contribution in [2.75, 3.05) is 5.32 Å². The Morgan fingerprint density at radius 2 is 2.07 bits per heavy atom. The van der Waals surface area contributed by atoms with Gasteiger partial charge in [0.05, 0.1) is 0 Å². The summed E-state index contributed by atoms with van der Waals surface area (Å²) in [5, 5.41) is 2.26. The van der Waals surface area contributed by atoms with Gasteiger partial charge in [0.1, 0.15) is 23.3 Å². The molecule has 0 aliphatic rings. The average molecular weight is 226 g/mol. The van der Waals surface area contributed by atoms with Crippen LogP contribution in [0.15, 0.2) is 12.4 Å². The molecule has 1 heterocycles. The maximum atomic E-state index is 12.1. The maximum absolute atomic E-state index is 12.1. The molecule has 0 amide bonds. The Bertz CT molecular complexity index is 315. The van der Waals surface area contributed by atoms with Crippen LogP contribution in [0.3, 0.4) is 0 Å². The monoisotopic (exact) mass is 225 g/mol. The Hall–Kier alpha value is -1.04. The summed E-state index contributed by atoms with van der Waals surface area (Å²) in [6.45, 7) is 0.996. The minimum atomic E-state index is -4.31. The Morgan fingerprint density at radius 1 is 1.43 bits per heavy atom. The Kier molecular flexibility index (Phi) is 3.15. The van der Waals surface area contributed by atoms with E-state index in [1.54, 1.807) is 0 Å². The molecule has 1 unspecified atom stereocenters. The molecule has 3 nitrogen and oxygen atoms in total. The number of halogens is 4. The second kappa shape index (κ2) is 4.00. The van der Waals surface area contributed by atoms with Gasteiger partial charge in [0.2, 0.25) is 0 Å². The first kappa shape index (κ1) is 11.0. The SMILES string of the molecule is CC(Nc1cc(Cl)ncn1)C(F)(F)F. The number of rotatable bonds is 2. The third-order valence-electron chi connectivity index (χ3n) is 1.49. The first-order valence-electron chi connectivity index (χ1n) is 3.70. The molecule has 78 valence electrons. The molecule has 14 heavy (non-hydrogen) atoms. The molecule has 0 bridgehead atoms. The Labute approximate surface area is 83.3 Å². The molecule has 1 aromatic rings. The number of nitrogens with zero attached hydrogens (tertiary/aromatic N) is 2.